The molecule has 2 aliphatic rings. The van der Waals surface area contributed by atoms with Gasteiger partial charge in [-0.15, -0.1) is 0 Å². The summed E-state index contributed by atoms with van der Waals surface area (Å²) in [7, 11) is 3.85. The van der Waals surface area contributed by atoms with Gasteiger partial charge in [0.2, 0.25) is 5.91 Å². The molecule has 2 heterocycles. The molecule has 1 aromatic rings. The van der Waals surface area contributed by atoms with Gasteiger partial charge in [0.05, 0.1) is 12.0 Å². The van der Waals surface area contributed by atoms with Gasteiger partial charge < -0.3 is 20.0 Å². The first kappa shape index (κ1) is 26.6. The van der Waals surface area contributed by atoms with Crippen LogP contribution in [0.1, 0.15) is 46.1 Å². The predicted molar refractivity (Wildman–Crippen MR) is 144 cm³/mol. The minimum absolute atomic E-state index is 0.0269. The van der Waals surface area contributed by atoms with Crippen LogP contribution < -0.4 is 15.1 Å². The Morgan fingerprint density at radius 2 is 2.11 bits per heavy atom. The molecule has 1 unspecified atom stereocenters. The number of hydrogen-bond donors (Lipinski definition) is 1. The Morgan fingerprint density at radius 1 is 1.37 bits per heavy atom. The molecule has 2 saturated heterocycles. The van der Waals surface area contributed by atoms with E-state index in [2.05, 4.69) is 60.7 Å². The Morgan fingerprint density at radius 3 is 2.69 bits per heavy atom. The third kappa shape index (κ3) is 5.99. The second-order valence-corrected chi connectivity index (χ2v) is 10.7. The number of amides is 1. The maximum atomic E-state index is 13.0. The molecule has 190 valence electrons. The van der Waals surface area contributed by atoms with Crippen LogP contribution >= 0.6 is 0 Å². The molecule has 0 aliphatic carbocycles. The fraction of sp³-hybridized carbons (Fsp3) is 0.571. The van der Waals surface area contributed by atoms with Gasteiger partial charge in [-0.05, 0) is 70.0 Å². The smallest absolute Gasteiger partial charge is 0.227 e. The van der Waals surface area contributed by atoms with E-state index in [1.54, 1.807) is 6.20 Å². The molecular weight excluding hydrogens is 436 g/mol. The van der Waals surface area contributed by atoms with E-state index in [0.717, 1.165) is 36.6 Å². The SMILES string of the molecule is C=CN(C)Cc1cc(N2C[C@@H](CN3CCC3(C)C)CC2=O)ccc1N(/C=C\NC)[C@@H](C)C(C)C#N. The van der Waals surface area contributed by atoms with Gasteiger partial charge in [0.25, 0.3) is 0 Å². The highest BCUT2D eigenvalue weighted by atomic mass is 16.2. The number of benzene rings is 1. The molecule has 7 nitrogen and oxygen atoms in total. The zero-order valence-electron chi connectivity index (χ0n) is 22.3. The highest BCUT2D eigenvalue weighted by Crippen LogP contribution is 2.35. The largest absolute Gasteiger partial charge is 0.393 e. The van der Waals surface area contributed by atoms with Crippen molar-refractivity contribution in [1.29, 1.82) is 5.26 Å². The molecule has 0 radical (unpaired) electrons. The van der Waals surface area contributed by atoms with Crippen molar-refractivity contribution < 1.29 is 4.79 Å². The summed E-state index contributed by atoms with van der Waals surface area (Å²) in [6.45, 7) is 16.0. The molecule has 2 aliphatic heterocycles. The molecule has 0 aromatic heterocycles. The summed E-state index contributed by atoms with van der Waals surface area (Å²) < 4.78 is 0. The van der Waals surface area contributed by atoms with Gasteiger partial charge in [-0.2, -0.15) is 5.26 Å². The van der Waals surface area contributed by atoms with E-state index in [0.29, 0.717) is 18.9 Å². The normalized spacial score (nSPS) is 21.3. The summed E-state index contributed by atoms with van der Waals surface area (Å²) in [6, 6.07) is 8.62. The second-order valence-electron chi connectivity index (χ2n) is 10.7. The lowest BCUT2D eigenvalue weighted by atomic mass is 9.87. The van der Waals surface area contributed by atoms with E-state index in [1.807, 2.05) is 49.3 Å². The van der Waals surface area contributed by atoms with Gasteiger partial charge in [0.15, 0.2) is 0 Å². The van der Waals surface area contributed by atoms with E-state index in [9.17, 15) is 10.1 Å². The first-order chi connectivity index (χ1) is 16.6. The molecular formula is C28H42N6O. The van der Waals surface area contributed by atoms with Crippen LogP contribution in [-0.2, 0) is 11.3 Å². The van der Waals surface area contributed by atoms with Crippen LogP contribution in [0.5, 0.6) is 0 Å². The van der Waals surface area contributed by atoms with Gasteiger partial charge >= 0.3 is 0 Å². The predicted octanol–water partition coefficient (Wildman–Crippen LogP) is 4.14. The molecule has 3 atom stereocenters. The van der Waals surface area contributed by atoms with Crippen molar-refractivity contribution >= 4 is 17.3 Å². The summed E-state index contributed by atoms with van der Waals surface area (Å²) in [6.07, 6.45) is 7.49. The van der Waals surface area contributed by atoms with Crippen molar-refractivity contribution in [1.82, 2.24) is 15.1 Å². The fourth-order valence-electron chi connectivity index (χ4n) is 4.91. The summed E-state index contributed by atoms with van der Waals surface area (Å²) in [5.41, 5.74) is 3.30. The average Bonchev–Trinajstić information content (AvgIpc) is 3.22. The number of nitrogens with zero attached hydrogens (tertiary/aromatic N) is 5. The van der Waals surface area contributed by atoms with Crippen LogP contribution in [0, 0.1) is 23.2 Å². The maximum Gasteiger partial charge on any atom is 0.227 e. The lowest BCUT2D eigenvalue weighted by molar-refractivity contribution is -0.117. The zero-order valence-corrected chi connectivity index (χ0v) is 22.3. The van der Waals surface area contributed by atoms with Crippen LogP contribution in [0.4, 0.5) is 11.4 Å². The Labute approximate surface area is 211 Å². The number of rotatable bonds is 11. The molecule has 35 heavy (non-hydrogen) atoms. The molecule has 0 spiro atoms. The topological polar surface area (TPSA) is 65.8 Å². The number of carbonyl (C=O) groups excluding carboxylic acids is 1. The molecule has 1 amide bonds. The van der Waals surface area contributed by atoms with Crippen LogP contribution in [0.2, 0.25) is 0 Å². The van der Waals surface area contributed by atoms with E-state index in [4.69, 9.17) is 0 Å². The Hall–Kier alpha value is -2.98. The lowest BCUT2D eigenvalue weighted by Crippen LogP contribution is -2.57. The zero-order chi connectivity index (χ0) is 25.8. The summed E-state index contributed by atoms with van der Waals surface area (Å²) in [5.74, 6) is 0.392. The van der Waals surface area contributed by atoms with Crippen molar-refractivity contribution in [3.05, 3.63) is 48.9 Å². The number of carbonyl (C=O) groups is 1. The summed E-state index contributed by atoms with van der Waals surface area (Å²) >= 11 is 0. The van der Waals surface area contributed by atoms with Gasteiger partial charge in [-0.3, -0.25) is 9.69 Å². The number of nitrogens with one attached hydrogen (secondary N) is 1. The van der Waals surface area contributed by atoms with Crippen LogP contribution in [0.25, 0.3) is 0 Å². The molecule has 3 rings (SSSR count). The summed E-state index contributed by atoms with van der Waals surface area (Å²) in [5, 5.41) is 12.6. The Bertz CT molecular complexity index is 980. The van der Waals surface area contributed by atoms with Crippen molar-refractivity contribution in [2.75, 3.05) is 43.5 Å². The Kier molecular flexibility index (Phi) is 8.50. The minimum atomic E-state index is -0.159. The molecule has 2 fully saturated rings. The molecule has 1 N–H and O–H groups in total. The Balaban J connectivity index is 1.90. The fourth-order valence-corrected chi connectivity index (χ4v) is 4.91. The van der Waals surface area contributed by atoms with Crippen molar-refractivity contribution in [2.24, 2.45) is 11.8 Å². The average molecular weight is 479 g/mol. The van der Waals surface area contributed by atoms with Crippen molar-refractivity contribution in [3.63, 3.8) is 0 Å². The number of anilines is 2. The molecule has 1 aromatic carbocycles. The first-order valence-corrected chi connectivity index (χ1v) is 12.6. The van der Waals surface area contributed by atoms with E-state index in [1.165, 1.54) is 6.42 Å². The maximum absolute atomic E-state index is 13.0. The van der Waals surface area contributed by atoms with E-state index in [-0.39, 0.29) is 23.4 Å². The molecule has 0 saturated carbocycles. The molecule has 0 bridgehead atoms. The highest BCUT2D eigenvalue weighted by molar-refractivity contribution is 5.96. The quantitative estimate of drug-likeness (QED) is 0.516. The number of likely N-dealkylation sites (tertiary alicyclic amines) is 1. The third-order valence-corrected chi connectivity index (χ3v) is 7.69. The minimum Gasteiger partial charge on any atom is -0.393 e. The second kappa shape index (κ2) is 11.2. The monoisotopic (exact) mass is 478 g/mol. The number of hydrogen-bond acceptors (Lipinski definition) is 6. The van der Waals surface area contributed by atoms with Gasteiger partial charge in [0, 0.05) is 82.1 Å². The van der Waals surface area contributed by atoms with Gasteiger partial charge in [-0.1, -0.05) is 6.58 Å². The standard InChI is InChI=1S/C28H42N6O/c1-8-31(7)20-24-16-25(9-10-26(24)33(14-12-30-6)22(3)21(2)17-29)34-19-23(15-27(34)35)18-32-13-11-28(32,4)5/h8-10,12,14,16,21-23,30H,1,11,13,15,18-20H2,2-7H3/b14-12-/t21?,22-,23+/m0/s1. The van der Waals surface area contributed by atoms with Crippen molar-refractivity contribution in [3.8, 4) is 6.07 Å². The summed E-state index contributed by atoms with van der Waals surface area (Å²) in [4.78, 5) is 21.7. The first-order valence-electron chi connectivity index (χ1n) is 12.6. The molecule has 7 heteroatoms. The van der Waals surface area contributed by atoms with Crippen LogP contribution in [-0.4, -0.2) is 61.0 Å². The third-order valence-electron chi connectivity index (χ3n) is 7.69. The van der Waals surface area contributed by atoms with Crippen molar-refractivity contribution in [2.45, 2.75) is 58.7 Å². The highest BCUT2D eigenvalue weighted by Gasteiger charge is 2.40. The van der Waals surface area contributed by atoms with Gasteiger partial charge in [0.1, 0.15) is 0 Å². The van der Waals surface area contributed by atoms with E-state index >= 15 is 0 Å². The van der Waals surface area contributed by atoms with E-state index < -0.39 is 0 Å². The van der Waals surface area contributed by atoms with Crippen LogP contribution in [0.15, 0.2) is 43.4 Å². The van der Waals surface area contributed by atoms with Crippen LogP contribution in [0.3, 0.4) is 0 Å². The lowest BCUT2D eigenvalue weighted by Gasteiger charge is -2.49. The van der Waals surface area contributed by atoms with Gasteiger partial charge in [-0.25, -0.2) is 0 Å². The number of nitriles is 1.